The van der Waals surface area contributed by atoms with Gasteiger partial charge in [0.05, 0.1) is 18.7 Å². The molecule has 2 aromatic carbocycles. The Morgan fingerprint density at radius 1 is 1.10 bits per heavy atom. The lowest BCUT2D eigenvalue weighted by molar-refractivity contribution is 0.416. The molecule has 3 aromatic rings. The van der Waals surface area contributed by atoms with Gasteiger partial charge in [-0.25, -0.2) is 4.68 Å². The van der Waals surface area contributed by atoms with Crippen LogP contribution in [0.3, 0.4) is 0 Å². The number of hydrogen-bond acceptors (Lipinski definition) is 4. The van der Waals surface area contributed by atoms with Crippen LogP contribution in [0, 0.1) is 0 Å². The lowest BCUT2D eigenvalue weighted by Gasteiger charge is -2.31. The van der Waals surface area contributed by atoms with Gasteiger partial charge in [-0.05, 0) is 36.6 Å². The predicted octanol–water partition coefficient (Wildman–Crippen LogP) is 6.32. The summed E-state index contributed by atoms with van der Waals surface area (Å²) < 4.78 is 7.35. The van der Waals surface area contributed by atoms with Crippen LogP contribution in [0.1, 0.15) is 44.7 Å². The lowest BCUT2D eigenvalue weighted by Crippen LogP contribution is -2.30. The summed E-state index contributed by atoms with van der Waals surface area (Å²) in [6, 6.07) is 16.4. The molecule has 0 saturated heterocycles. The molecule has 1 aromatic heterocycles. The Morgan fingerprint density at radius 2 is 1.83 bits per heavy atom. The van der Waals surface area contributed by atoms with Crippen molar-refractivity contribution in [2.24, 2.45) is 7.05 Å². The molecule has 1 heterocycles. The molecule has 0 aliphatic heterocycles. The first-order valence-electron chi connectivity index (χ1n) is 10.2. The van der Waals surface area contributed by atoms with E-state index in [1.807, 2.05) is 23.9 Å². The van der Waals surface area contributed by atoms with Crippen LogP contribution in [0.15, 0.2) is 48.5 Å². The molecule has 0 N–H and O–H groups in total. The highest BCUT2D eigenvalue weighted by Gasteiger charge is 2.24. The summed E-state index contributed by atoms with van der Waals surface area (Å²) in [6.45, 7) is 5.30. The van der Waals surface area contributed by atoms with E-state index in [2.05, 4.69) is 49.1 Å². The van der Waals surface area contributed by atoms with Gasteiger partial charge in [0.15, 0.2) is 5.82 Å². The van der Waals surface area contributed by atoms with Crippen molar-refractivity contribution in [2.75, 3.05) is 18.6 Å². The number of benzene rings is 2. The van der Waals surface area contributed by atoms with Gasteiger partial charge < -0.3 is 9.64 Å². The van der Waals surface area contributed by atoms with E-state index in [0.717, 1.165) is 43.1 Å². The van der Waals surface area contributed by atoms with E-state index >= 15 is 0 Å². The van der Waals surface area contributed by atoms with Crippen LogP contribution in [0.5, 0.6) is 5.75 Å². The topological polar surface area (TPSA) is 43.2 Å². The fourth-order valence-electron chi connectivity index (χ4n) is 3.66. The third-order valence-electron chi connectivity index (χ3n) is 5.00. The highest BCUT2D eigenvalue weighted by atomic mass is 35.5. The number of nitrogens with zero attached hydrogens (tertiary/aromatic N) is 4. The van der Waals surface area contributed by atoms with Gasteiger partial charge >= 0.3 is 0 Å². The van der Waals surface area contributed by atoms with Crippen molar-refractivity contribution < 1.29 is 4.74 Å². The van der Waals surface area contributed by atoms with Crippen molar-refractivity contribution in [3.05, 3.63) is 59.1 Å². The zero-order valence-corrected chi connectivity index (χ0v) is 19.6. The standard InChI is InChI=1S/C23H29ClN4O.ClH/c1-5-10-20(17-11-8-7-9-12-17)28(15-6-2)23-25-22(27(3)26-23)19-14-13-18(24)16-21(19)29-4;/h7-9,11-14,16,20H,5-6,10,15H2,1-4H3;1H/t20-;/m0./s1. The minimum absolute atomic E-state index is 0. The number of rotatable bonds is 9. The number of methoxy groups -OCH3 is 1. The molecule has 30 heavy (non-hydrogen) atoms. The molecule has 0 amide bonds. The summed E-state index contributed by atoms with van der Waals surface area (Å²) >= 11 is 6.13. The van der Waals surface area contributed by atoms with Gasteiger partial charge in [0.2, 0.25) is 5.95 Å². The maximum absolute atomic E-state index is 6.13. The predicted molar refractivity (Wildman–Crippen MR) is 127 cm³/mol. The Labute approximate surface area is 190 Å². The monoisotopic (exact) mass is 448 g/mol. The summed E-state index contributed by atoms with van der Waals surface area (Å²) in [6.07, 6.45) is 3.15. The third-order valence-corrected chi connectivity index (χ3v) is 5.24. The van der Waals surface area contributed by atoms with Gasteiger partial charge in [-0.15, -0.1) is 17.5 Å². The Bertz CT molecular complexity index is 930. The zero-order chi connectivity index (χ0) is 20.8. The third kappa shape index (κ3) is 5.27. The molecule has 1 atom stereocenters. The number of hydrogen-bond donors (Lipinski definition) is 0. The summed E-state index contributed by atoms with van der Waals surface area (Å²) in [5, 5.41) is 5.41. The van der Waals surface area contributed by atoms with Crippen LogP contribution in [-0.4, -0.2) is 28.4 Å². The first kappa shape index (κ1) is 24.0. The summed E-state index contributed by atoms with van der Waals surface area (Å²) in [5.41, 5.74) is 2.17. The maximum atomic E-state index is 6.13. The van der Waals surface area contributed by atoms with Crippen LogP contribution >= 0.6 is 24.0 Å². The van der Waals surface area contributed by atoms with Gasteiger partial charge in [0, 0.05) is 18.6 Å². The molecule has 0 radical (unpaired) electrons. The highest BCUT2D eigenvalue weighted by Crippen LogP contribution is 2.34. The van der Waals surface area contributed by atoms with Crippen molar-refractivity contribution in [3.63, 3.8) is 0 Å². The Hall–Kier alpha value is -2.24. The number of halogens is 2. The van der Waals surface area contributed by atoms with Gasteiger partial charge in [-0.1, -0.05) is 62.2 Å². The molecule has 0 fully saturated rings. The van der Waals surface area contributed by atoms with E-state index in [-0.39, 0.29) is 18.4 Å². The second-order valence-electron chi connectivity index (χ2n) is 7.11. The van der Waals surface area contributed by atoms with E-state index in [9.17, 15) is 0 Å². The number of aromatic nitrogens is 3. The van der Waals surface area contributed by atoms with Crippen LogP contribution in [0.2, 0.25) is 5.02 Å². The number of anilines is 1. The Morgan fingerprint density at radius 3 is 2.47 bits per heavy atom. The number of ether oxygens (including phenoxy) is 1. The zero-order valence-electron chi connectivity index (χ0n) is 18.0. The average molecular weight is 449 g/mol. The molecule has 162 valence electrons. The minimum Gasteiger partial charge on any atom is -0.496 e. The fourth-order valence-corrected chi connectivity index (χ4v) is 3.83. The molecule has 0 bridgehead atoms. The first-order valence-corrected chi connectivity index (χ1v) is 10.5. The molecule has 0 unspecified atom stereocenters. The molecule has 5 nitrogen and oxygen atoms in total. The van der Waals surface area contributed by atoms with Gasteiger partial charge in [0.25, 0.3) is 0 Å². The molecular formula is C23H30Cl2N4O. The minimum atomic E-state index is 0. The van der Waals surface area contributed by atoms with Crippen LogP contribution in [0.4, 0.5) is 5.95 Å². The Kier molecular flexibility index (Phi) is 9.00. The molecule has 0 aliphatic rings. The van der Waals surface area contributed by atoms with Crippen LogP contribution in [-0.2, 0) is 7.05 Å². The van der Waals surface area contributed by atoms with Crippen molar-refractivity contribution in [1.29, 1.82) is 0 Å². The smallest absolute Gasteiger partial charge is 0.245 e. The van der Waals surface area contributed by atoms with Crippen molar-refractivity contribution >= 4 is 30.0 Å². The van der Waals surface area contributed by atoms with Crippen molar-refractivity contribution in [2.45, 2.75) is 39.2 Å². The van der Waals surface area contributed by atoms with Gasteiger partial charge in [-0.2, -0.15) is 4.98 Å². The second-order valence-corrected chi connectivity index (χ2v) is 7.55. The normalized spacial score (nSPS) is 11.6. The van der Waals surface area contributed by atoms with Crippen molar-refractivity contribution in [3.8, 4) is 17.1 Å². The first-order chi connectivity index (χ1) is 14.1. The fraction of sp³-hybridized carbons (Fsp3) is 0.391. The van der Waals surface area contributed by atoms with E-state index in [0.29, 0.717) is 10.8 Å². The van der Waals surface area contributed by atoms with Gasteiger partial charge in [0.1, 0.15) is 5.75 Å². The molecule has 0 saturated carbocycles. The molecule has 0 aliphatic carbocycles. The molecule has 3 rings (SSSR count). The summed E-state index contributed by atoms with van der Waals surface area (Å²) in [4.78, 5) is 7.24. The number of aryl methyl sites for hydroxylation is 1. The summed E-state index contributed by atoms with van der Waals surface area (Å²) in [5.74, 6) is 2.19. The second kappa shape index (κ2) is 11.2. The van der Waals surface area contributed by atoms with Gasteiger partial charge in [-0.3, -0.25) is 0 Å². The largest absolute Gasteiger partial charge is 0.496 e. The average Bonchev–Trinajstić information content (AvgIpc) is 3.12. The van der Waals surface area contributed by atoms with E-state index in [1.165, 1.54) is 5.56 Å². The van der Waals surface area contributed by atoms with E-state index in [1.54, 1.807) is 13.2 Å². The van der Waals surface area contributed by atoms with Crippen LogP contribution in [0.25, 0.3) is 11.4 Å². The van der Waals surface area contributed by atoms with E-state index in [4.69, 9.17) is 26.4 Å². The van der Waals surface area contributed by atoms with Crippen LogP contribution < -0.4 is 9.64 Å². The Balaban J connectivity index is 0.00000320. The summed E-state index contributed by atoms with van der Waals surface area (Å²) in [7, 11) is 3.56. The maximum Gasteiger partial charge on any atom is 0.245 e. The SMILES string of the molecule is CCC[C@@H](c1ccccc1)N(CCC)c1nc(-c2ccc(Cl)cc2OC)n(C)n1.Cl. The van der Waals surface area contributed by atoms with E-state index < -0.39 is 0 Å². The highest BCUT2D eigenvalue weighted by molar-refractivity contribution is 6.30. The quantitative estimate of drug-likeness (QED) is 0.383. The van der Waals surface area contributed by atoms with Crippen molar-refractivity contribution in [1.82, 2.24) is 14.8 Å². The molecular weight excluding hydrogens is 419 g/mol. The lowest BCUT2D eigenvalue weighted by atomic mass is 10.0. The molecule has 7 heteroatoms. The molecule has 0 spiro atoms.